The molecule has 0 aromatic heterocycles. The molecule has 4 N–H and O–H groups in total. The van der Waals surface area contributed by atoms with Crippen LogP contribution in [0, 0.1) is 0 Å². The third-order valence-corrected chi connectivity index (χ3v) is 1.35. The second-order valence-corrected chi connectivity index (χ2v) is 2.65. The number of aliphatic hydroxyl groups is 1. The van der Waals surface area contributed by atoms with Crippen LogP contribution in [0.1, 0.15) is 6.92 Å². The highest BCUT2D eigenvalue weighted by atomic mass is 16.5. The summed E-state index contributed by atoms with van der Waals surface area (Å²) in [6.07, 6.45) is 0. The van der Waals surface area contributed by atoms with E-state index in [1.54, 1.807) is 6.92 Å². The third-order valence-electron chi connectivity index (χ3n) is 1.35. The number of hydrogen-bond donors (Lipinski definition) is 3. The largest absolute Gasteiger partial charge is 0.394 e. The highest BCUT2D eigenvalue weighted by Crippen LogP contribution is 1.84. The van der Waals surface area contributed by atoms with Crippen LogP contribution in [-0.4, -0.2) is 43.4 Å². The van der Waals surface area contributed by atoms with Gasteiger partial charge in [-0.25, -0.2) is 0 Å². The van der Waals surface area contributed by atoms with Crippen LogP contribution >= 0.6 is 0 Å². The summed E-state index contributed by atoms with van der Waals surface area (Å²) >= 11 is 0. The van der Waals surface area contributed by atoms with E-state index in [0.717, 1.165) is 0 Å². The van der Waals surface area contributed by atoms with Gasteiger partial charge >= 0.3 is 0 Å². The number of hydrogen-bond acceptors (Lipinski definition) is 4. The van der Waals surface area contributed by atoms with Crippen LogP contribution in [0.2, 0.25) is 0 Å². The van der Waals surface area contributed by atoms with Gasteiger partial charge in [0.05, 0.1) is 13.2 Å². The standard InChI is InChI=1S/C7H16N2O3/c1-5(3-10)9-7(11)6(8)4-12-2/h5-6,10H,3-4,8H2,1-2H3,(H,9,11)/t5-,6?/m1/s1. The van der Waals surface area contributed by atoms with Crippen LogP contribution in [0.3, 0.4) is 0 Å². The monoisotopic (exact) mass is 176 g/mol. The van der Waals surface area contributed by atoms with E-state index >= 15 is 0 Å². The molecule has 0 bridgehead atoms. The van der Waals surface area contributed by atoms with E-state index in [2.05, 4.69) is 5.32 Å². The average molecular weight is 176 g/mol. The Labute approximate surface area is 71.9 Å². The number of aliphatic hydroxyl groups excluding tert-OH is 1. The molecule has 0 saturated carbocycles. The minimum atomic E-state index is -0.663. The highest BCUT2D eigenvalue weighted by molar-refractivity contribution is 5.81. The molecule has 0 aliphatic rings. The van der Waals surface area contributed by atoms with Gasteiger partial charge in [0.15, 0.2) is 0 Å². The Morgan fingerprint density at radius 2 is 2.33 bits per heavy atom. The minimum absolute atomic E-state index is 0.0918. The molecule has 0 radical (unpaired) electrons. The first kappa shape index (κ1) is 11.4. The number of nitrogens with one attached hydrogen (secondary N) is 1. The maximum Gasteiger partial charge on any atom is 0.239 e. The predicted molar refractivity (Wildman–Crippen MR) is 44.5 cm³/mol. The first-order chi connectivity index (χ1) is 5.61. The summed E-state index contributed by atoms with van der Waals surface area (Å²) in [5, 5.41) is 11.1. The Balaban J connectivity index is 3.70. The lowest BCUT2D eigenvalue weighted by molar-refractivity contribution is -0.124. The summed E-state index contributed by atoms with van der Waals surface area (Å²) in [7, 11) is 1.47. The second kappa shape index (κ2) is 5.93. The van der Waals surface area contributed by atoms with Crippen LogP contribution in [0.5, 0.6) is 0 Å². The normalized spacial score (nSPS) is 15.3. The molecule has 0 saturated heterocycles. The van der Waals surface area contributed by atoms with Gasteiger partial charge < -0.3 is 20.9 Å². The number of carbonyl (C=O) groups excluding carboxylic acids is 1. The van der Waals surface area contributed by atoms with E-state index in [4.69, 9.17) is 15.6 Å². The fraction of sp³-hybridized carbons (Fsp3) is 0.857. The zero-order chi connectivity index (χ0) is 9.56. The summed E-state index contributed by atoms with van der Waals surface area (Å²) in [6.45, 7) is 1.78. The van der Waals surface area contributed by atoms with Gasteiger partial charge in [-0.3, -0.25) is 4.79 Å². The third kappa shape index (κ3) is 4.27. The molecular formula is C7H16N2O3. The molecule has 0 aromatic carbocycles. The molecule has 12 heavy (non-hydrogen) atoms. The lowest BCUT2D eigenvalue weighted by atomic mass is 10.3. The molecule has 0 fully saturated rings. The quantitative estimate of drug-likeness (QED) is 0.474. The number of carbonyl (C=O) groups is 1. The van der Waals surface area contributed by atoms with Gasteiger partial charge in [-0.2, -0.15) is 0 Å². The summed E-state index contributed by atoms with van der Waals surface area (Å²) in [5.41, 5.74) is 5.41. The average Bonchev–Trinajstić information content (AvgIpc) is 2.04. The van der Waals surface area contributed by atoms with Crippen molar-refractivity contribution in [1.29, 1.82) is 0 Å². The molecule has 0 heterocycles. The van der Waals surface area contributed by atoms with E-state index in [-0.39, 0.29) is 25.2 Å². The van der Waals surface area contributed by atoms with Gasteiger partial charge in [0.1, 0.15) is 6.04 Å². The van der Waals surface area contributed by atoms with E-state index in [1.807, 2.05) is 0 Å². The van der Waals surface area contributed by atoms with Crippen LogP contribution < -0.4 is 11.1 Å². The number of amides is 1. The van der Waals surface area contributed by atoms with Crippen molar-refractivity contribution in [1.82, 2.24) is 5.32 Å². The van der Waals surface area contributed by atoms with Crippen molar-refractivity contribution >= 4 is 5.91 Å². The lowest BCUT2D eigenvalue weighted by Crippen LogP contribution is -2.47. The summed E-state index contributed by atoms with van der Waals surface area (Å²) in [6, 6.07) is -0.926. The fourth-order valence-corrected chi connectivity index (χ4v) is 0.651. The molecule has 1 amide bonds. The van der Waals surface area contributed by atoms with Crippen LogP contribution in [0.15, 0.2) is 0 Å². The summed E-state index contributed by atoms with van der Waals surface area (Å²) in [4.78, 5) is 11.1. The summed E-state index contributed by atoms with van der Waals surface area (Å²) < 4.78 is 4.69. The van der Waals surface area contributed by atoms with Crippen LogP contribution in [-0.2, 0) is 9.53 Å². The Morgan fingerprint density at radius 3 is 2.75 bits per heavy atom. The molecule has 1 unspecified atom stereocenters. The first-order valence-corrected chi connectivity index (χ1v) is 3.77. The Kier molecular flexibility index (Phi) is 5.61. The zero-order valence-electron chi connectivity index (χ0n) is 7.41. The SMILES string of the molecule is COCC(N)C(=O)N[C@H](C)CO. The van der Waals surface area contributed by atoms with E-state index in [9.17, 15) is 4.79 Å². The first-order valence-electron chi connectivity index (χ1n) is 3.77. The maximum atomic E-state index is 11.1. The van der Waals surface area contributed by atoms with Crippen molar-refractivity contribution in [3.05, 3.63) is 0 Å². The fourth-order valence-electron chi connectivity index (χ4n) is 0.651. The second-order valence-electron chi connectivity index (χ2n) is 2.65. The van der Waals surface area contributed by atoms with E-state index in [1.165, 1.54) is 7.11 Å². The van der Waals surface area contributed by atoms with Gasteiger partial charge in [-0.1, -0.05) is 0 Å². The number of ether oxygens (including phenoxy) is 1. The topological polar surface area (TPSA) is 84.6 Å². The van der Waals surface area contributed by atoms with Crippen molar-refractivity contribution in [2.24, 2.45) is 5.73 Å². The lowest BCUT2D eigenvalue weighted by Gasteiger charge is -2.14. The zero-order valence-corrected chi connectivity index (χ0v) is 7.41. The van der Waals surface area contributed by atoms with Crippen molar-refractivity contribution in [2.45, 2.75) is 19.0 Å². The van der Waals surface area contributed by atoms with E-state index < -0.39 is 6.04 Å². The molecule has 0 aliphatic carbocycles. The molecule has 0 aromatic rings. The Bertz CT molecular complexity index is 141. The molecule has 5 heteroatoms. The molecule has 72 valence electrons. The molecule has 0 spiro atoms. The number of nitrogens with two attached hydrogens (primary N) is 1. The Morgan fingerprint density at radius 1 is 1.75 bits per heavy atom. The molecular weight excluding hydrogens is 160 g/mol. The van der Waals surface area contributed by atoms with Crippen molar-refractivity contribution in [2.75, 3.05) is 20.3 Å². The van der Waals surface area contributed by atoms with Crippen molar-refractivity contribution in [3.63, 3.8) is 0 Å². The Hall–Kier alpha value is -0.650. The molecule has 0 aliphatic heterocycles. The van der Waals surface area contributed by atoms with E-state index in [0.29, 0.717) is 0 Å². The van der Waals surface area contributed by atoms with Crippen molar-refractivity contribution < 1.29 is 14.6 Å². The van der Waals surface area contributed by atoms with Gasteiger partial charge in [-0.05, 0) is 6.92 Å². The molecule has 5 nitrogen and oxygen atoms in total. The van der Waals surface area contributed by atoms with Crippen LogP contribution in [0.4, 0.5) is 0 Å². The van der Waals surface area contributed by atoms with Gasteiger partial charge in [0.25, 0.3) is 0 Å². The van der Waals surface area contributed by atoms with Gasteiger partial charge in [0, 0.05) is 13.2 Å². The number of rotatable bonds is 5. The molecule has 0 rings (SSSR count). The predicted octanol–water partition coefficient (Wildman–Crippen LogP) is -1.54. The van der Waals surface area contributed by atoms with Gasteiger partial charge in [-0.15, -0.1) is 0 Å². The smallest absolute Gasteiger partial charge is 0.239 e. The summed E-state index contributed by atoms with van der Waals surface area (Å²) in [5.74, 6) is -0.307. The van der Waals surface area contributed by atoms with Crippen molar-refractivity contribution in [3.8, 4) is 0 Å². The highest BCUT2D eigenvalue weighted by Gasteiger charge is 2.14. The van der Waals surface area contributed by atoms with Gasteiger partial charge in [0.2, 0.25) is 5.91 Å². The number of methoxy groups -OCH3 is 1. The molecule has 2 atom stereocenters. The minimum Gasteiger partial charge on any atom is -0.394 e. The van der Waals surface area contributed by atoms with Crippen LogP contribution in [0.25, 0.3) is 0 Å². The maximum absolute atomic E-state index is 11.1.